The molecule has 0 amide bonds. The molecule has 1 unspecified atom stereocenters. The maximum absolute atomic E-state index is 6.38. The zero-order chi connectivity index (χ0) is 14.9. The van der Waals surface area contributed by atoms with Crippen LogP contribution in [0, 0.1) is 13.8 Å². The second kappa shape index (κ2) is 6.29. The summed E-state index contributed by atoms with van der Waals surface area (Å²) in [5.41, 5.74) is 10.8. The van der Waals surface area contributed by atoms with Gasteiger partial charge in [0.15, 0.2) is 0 Å². The molecule has 0 saturated heterocycles. The van der Waals surface area contributed by atoms with E-state index in [9.17, 15) is 0 Å². The van der Waals surface area contributed by atoms with E-state index in [-0.39, 0.29) is 6.04 Å². The van der Waals surface area contributed by atoms with Gasteiger partial charge in [-0.3, -0.25) is 4.68 Å². The monoisotopic (exact) mass is 355 g/mol. The van der Waals surface area contributed by atoms with Crippen LogP contribution < -0.4 is 5.73 Å². The van der Waals surface area contributed by atoms with Crippen LogP contribution in [0.1, 0.15) is 35.5 Å². The number of nitrogens with two attached hydrogens (primary N) is 1. The third kappa shape index (κ3) is 3.08. The molecule has 20 heavy (non-hydrogen) atoms. The van der Waals surface area contributed by atoms with Crippen LogP contribution in [0.3, 0.4) is 0 Å². The average Bonchev–Trinajstić information content (AvgIpc) is 2.69. The van der Waals surface area contributed by atoms with E-state index in [1.54, 1.807) is 0 Å². The topological polar surface area (TPSA) is 43.8 Å². The van der Waals surface area contributed by atoms with E-state index in [0.717, 1.165) is 45.0 Å². The number of hydrogen-bond donors (Lipinski definition) is 1. The number of hydrogen-bond acceptors (Lipinski definition) is 2. The largest absolute Gasteiger partial charge is 0.324 e. The lowest BCUT2D eigenvalue weighted by molar-refractivity contribution is 0.585. The number of aryl methyl sites for hydroxylation is 3. The normalized spacial score (nSPS) is 12.7. The fourth-order valence-electron chi connectivity index (χ4n) is 2.39. The molecule has 2 N–H and O–H groups in total. The second-order valence-corrected chi connectivity index (χ2v) is 6.20. The lowest BCUT2D eigenvalue weighted by Gasteiger charge is -2.16. The summed E-state index contributed by atoms with van der Waals surface area (Å²) in [6.45, 7) is 6.97. The highest BCUT2D eigenvalue weighted by atomic mass is 79.9. The molecule has 0 spiro atoms. The van der Waals surface area contributed by atoms with E-state index < -0.39 is 0 Å². The quantitative estimate of drug-likeness (QED) is 0.893. The van der Waals surface area contributed by atoms with Gasteiger partial charge in [0.25, 0.3) is 0 Å². The molecule has 0 aliphatic rings. The van der Waals surface area contributed by atoms with Gasteiger partial charge >= 0.3 is 0 Å². The number of rotatable bonds is 4. The first kappa shape index (κ1) is 15.5. The van der Waals surface area contributed by atoms with Crippen molar-refractivity contribution in [2.75, 3.05) is 0 Å². The van der Waals surface area contributed by atoms with E-state index in [1.807, 2.05) is 29.8 Å². The molecule has 0 aliphatic carbocycles. The molecule has 3 nitrogen and oxygen atoms in total. The fraction of sp³-hybridized carbons (Fsp3) is 0.400. The Morgan fingerprint density at radius 2 is 2.10 bits per heavy atom. The molecular weight excluding hydrogens is 338 g/mol. The Labute approximate surface area is 133 Å². The standard InChI is InChI=1S/C15H19BrClN3/c1-4-20-14(15(16)10(3)19-20)8-13(18)12-7-11(17)6-5-9(12)2/h5-7,13H,4,8,18H2,1-3H3. The summed E-state index contributed by atoms with van der Waals surface area (Å²) in [5, 5.41) is 5.23. The summed E-state index contributed by atoms with van der Waals surface area (Å²) in [6, 6.07) is 5.76. The molecule has 0 saturated carbocycles. The Hall–Kier alpha value is -0.840. The zero-order valence-corrected chi connectivity index (χ0v) is 14.3. The maximum Gasteiger partial charge on any atom is 0.0738 e. The molecule has 0 bridgehead atoms. The molecule has 0 fully saturated rings. The first-order valence-corrected chi connectivity index (χ1v) is 7.84. The minimum absolute atomic E-state index is 0.0913. The molecule has 0 radical (unpaired) electrons. The van der Waals surface area contributed by atoms with E-state index in [1.165, 1.54) is 0 Å². The Morgan fingerprint density at radius 1 is 1.40 bits per heavy atom. The summed E-state index contributed by atoms with van der Waals surface area (Å²) in [7, 11) is 0. The fourth-order valence-corrected chi connectivity index (χ4v) is 3.02. The third-order valence-corrected chi connectivity index (χ3v) is 4.77. The van der Waals surface area contributed by atoms with Crippen molar-refractivity contribution in [2.24, 2.45) is 5.73 Å². The van der Waals surface area contributed by atoms with Crippen molar-refractivity contribution in [1.82, 2.24) is 9.78 Å². The molecule has 5 heteroatoms. The van der Waals surface area contributed by atoms with E-state index >= 15 is 0 Å². The number of halogens is 2. The van der Waals surface area contributed by atoms with Gasteiger partial charge in [-0.25, -0.2) is 0 Å². The molecule has 1 heterocycles. The highest BCUT2D eigenvalue weighted by molar-refractivity contribution is 9.10. The number of benzene rings is 1. The Morgan fingerprint density at radius 3 is 2.75 bits per heavy atom. The lowest BCUT2D eigenvalue weighted by Crippen LogP contribution is -2.17. The first-order valence-electron chi connectivity index (χ1n) is 6.67. The van der Waals surface area contributed by atoms with Crippen LogP contribution in [0.15, 0.2) is 22.7 Å². The lowest BCUT2D eigenvalue weighted by atomic mass is 9.98. The number of nitrogens with zero attached hydrogens (tertiary/aromatic N) is 2. The van der Waals surface area contributed by atoms with E-state index in [2.05, 4.69) is 34.9 Å². The van der Waals surface area contributed by atoms with Crippen LogP contribution in [0.25, 0.3) is 0 Å². The van der Waals surface area contributed by atoms with Crippen molar-refractivity contribution in [2.45, 2.75) is 39.8 Å². The van der Waals surface area contributed by atoms with Crippen LogP contribution in [0.5, 0.6) is 0 Å². The van der Waals surface area contributed by atoms with Gasteiger partial charge < -0.3 is 5.73 Å². The minimum atomic E-state index is -0.0913. The van der Waals surface area contributed by atoms with Gasteiger partial charge in [0, 0.05) is 24.0 Å². The molecule has 1 aromatic heterocycles. The summed E-state index contributed by atoms with van der Waals surface area (Å²) in [6.07, 6.45) is 0.733. The SMILES string of the molecule is CCn1nc(C)c(Br)c1CC(N)c1cc(Cl)ccc1C. The first-order chi connectivity index (χ1) is 9.43. The maximum atomic E-state index is 6.38. The predicted molar refractivity (Wildman–Crippen MR) is 87.2 cm³/mol. The minimum Gasteiger partial charge on any atom is -0.324 e. The van der Waals surface area contributed by atoms with Crippen LogP contribution in [0.4, 0.5) is 0 Å². The van der Waals surface area contributed by atoms with Gasteiger partial charge in [-0.05, 0) is 60.0 Å². The van der Waals surface area contributed by atoms with Gasteiger partial charge in [0.2, 0.25) is 0 Å². The molecular formula is C15H19BrClN3. The Bertz CT molecular complexity index is 622. The summed E-state index contributed by atoms with van der Waals surface area (Å²) in [5.74, 6) is 0. The zero-order valence-electron chi connectivity index (χ0n) is 12.0. The smallest absolute Gasteiger partial charge is 0.0738 e. The molecule has 2 aromatic rings. The van der Waals surface area contributed by atoms with Gasteiger partial charge in [0.1, 0.15) is 0 Å². The predicted octanol–water partition coefficient (Wildman–Crippen LogP) is 4.18. The molecule has 2 rings (SSSR count). The molecule has 1 aromatic carbocycles. The summed E-state index contributed by atoms with van der Waals surface area (Å²) < 4.78 is 3.05. The summed E-state index contributed by atoms with van der Waals surface area (Å²) >= 11 is 9.69. The third-order valence-electron chi connectivity index (χ3n) is 3.51. The summed E-state index contributed by atoms with van der Waals surface area (Å²) in [4.78, 5) is 0. The van der Waals surface area contributed by atoms with Gasteiger partial charge in [0.05, 0.1) is 15.9 Å². The van der Waals surface area contributed by atoms with Gasteiger partial charge in [-0.1, -0.05) is 17.7 Å². The van der Waals surface area contributed by atoms with Crippen LogP contribution in [-0.4, -0.2) is 9.78 Å². The van der Waals surface area contributed by atoms with Gasteiger partial charge in [-0.15, -0.1) is 0 Å². The van der Waals surface area contributed by atoms with Crippen molar-refractivity contribution in [3.8, 4) is 0 Å². The number of aromatic nitrogens is 2. The molecule has 108 valence electrons. The molecule has 0 aliphatic heterocycles. The van der Waals surface area contributed by atoms with E-state index in [0.29, 0.717) is 0 Å². The average molecular weight is 357 g/mol. The van der Waals surface area contributed by atoms with Crippen LogP contribution in [-0.2, 0) is 13.0 Å². The van der Waals surface area contributed by atoms with Crippen molar-refractivity contribution < 1.29 is 0 Å². The van der Waals surface area contributed by atoms with Crippen molar-refractivity contribution in [1.29, 1.82) is 0 Å². The van der Waals surface area contributed by atoms with Crippen LogP contribution in [0.2, 0.25) is 5.02 Å². The van der Waals surface area contributed by atoms with E-state index in [4.69, 9.17) is 17.3 Å². The highest BCUT2D eigenvalue weighted by Gasteiger charge is 2.17. The highest BCUT2D eigenvalue weighted by Crippen LogP contribution is 2.28. The Balaban J connectivity index is 2.32. The second-order valence-electron chi connectivity index (χ2n) is 4.97. The van der Waals surface area contributed by atoms with Gasteiger partial charge in [-0.2, -0.15) is 5.10 Å². The van der Waals surface area contributed by atoms with Crippen LogP contribution >= 0.6 is 27.5 Å². The van der Waals surface area contributed by atoms with Crippen molar-refractivity contribution in [3.05, 3.63) is 50.2 Å². The van der Waals surface area contributed by atoms with Crippen molar-refractivity contribution in [3.63, 3.8) is 0 Å². The van der Waals surface area contributed by atoms with Crippen molar-refractivity contribution >= 4 is 27.5 Å². The Kier molecular flexibility index (Phi) is 4.89. The molecule has 1 atom stereocenters.